The van der Waals surface area contributed by atoms with E-state index in [4.69, 9.17) is 9.47 Å². The van der Waals surface area contributed by atoms with E-state index in [2.05, 4.69) is 20.1 Å². The van der Waals surface area contributed by atoms with E-state index in [1.807, 2.05) is 42.5 Å². The van der Waals surface area contributed by atoms with Crippen LogP contribution in [0.1, 0.15) is 30.9 Å². The molecule has 31 heavy (non-hydrogen) atoms. The van der Waals surface area contributed by atoms with E-state index in [0.717, 1.165) is 48.9 Å². The second-order valence-electron chi connectivity index (χ2n) is 7.44. The van der Waals surface area contributed by atoms with Crippen LogP contribution >= 0.6 is 0 Å². The molecule has 0 spiro atoms. The van der Waals surface area contributed by atoms with Gasteiger partial charge in [0.2, 0.25) is 0 Å². The molecule has 162 valence electrons. The Hall–Kier alpha value is -3.55. The lowest BCUT2D eigenvalue weighted by molar-refractivity contribution is 0.256. The molecule has 1 N–H and O–H groups in total. The normalized spacial score (nSPS) is 13.1. The van der Waals surface area contributed by atoms with Crippen LogP contribution in [-0.4, -0.2) is 35.0 Å². The molecular formula is C23H27N5O3. The summed E-state index contributed by atoms with van der Waals surface area (Å²) in [7, 11) is 3.22. The van der Waals surface area contributed by atoms with Gasteiger partial charge in [0.15, 0.2) is 5.82 Å². The molecule has 1 aliphatic rings. The number of carbonyl (C=O) groups excluding carboxylic acids is 1. The monoisotopic (exact) mass is 421 g/mol. The lowest BCUT2D eigenvalue weighted by Gasteiger charge is -2.23. The summed E-state index contributed by atoms with van der Waals surface area (Å²) < 4.78 is 12.7. The smallest absolute Gasteiger partial charge is 0.326 e. The van der Waals surface area contributed by atoms with Crippen LogP contribution in [0.5, 0.6) is 11.5 Å². The fourth-order valence-corrected chi connectivity index (χ4v) is 3.74. The Morgan fingerprint density at radius 3 is 2.61 bits per heavy atom. The molecule has 1 aliphatic heterocycles. The molecule has 3 aromatic rings. The van der Waals surface area contributed by atoms with Crippen molar-refractivity contribution in [1.82, 2.24) is 14.8 Å². The van der Waals surface area contributed by atoms with E-state index >= 15 is 0 Å². The van der Waals surface area contributed by atoms with Gasteiger partial charge in [-0.3, -0.25) is 4.90 Å². The van der Waals surface area contributed by atoms with Crippen LogP contribution in [0.2, 0.25) is 0 Å². The first-order valence-electron chi connectivity index (χ1n) is 10.5. The molecule has 2 aromatic carbocycles. The summed E-state index contributed by atoms with van der Waals surface area (Å²) in [5.41, 5.74) is 1.40. The van der Waals surface area contributed by atoms with Crippen molar-refractivity contribution in [1.29, 1.82) is 0 Å². The first-order valence-corrected chi connectivity index (χ1v) is 10.5. The van der Waals surface area contributed by atoms with Gasteiger partial charge < -0.3 is 19.4 Å². The minimum atomic E-state index is -0.260. The molecule has 1 aromatic heterocycles. The highest BCUT2D eigenvalue weighted by atomic mass is 16.5. The largest absolute Gasteiger partial charge is 0.497 e. The number of aromatic nitrogens is 3. The van der Waals surface area contributed by atoms with E-state index < -0.39 is 0 Å². The number of hydrogen-bond acceptors (Lipinski definition) is 5. The topological polar surface area (TPSA) is 81.5 Å². The summed E-state index contributed by atoms with van der Waals surface area (Å²) >= 11 is 0. The lowest BCUT2D eigenvalue weighted by Crippen LogP contribution is -2.35. The van der Waals surface area contributed by atoms with Gasteiger partial charge in [0.1, 0.15) is 17.3 Å². The average molecular weight is 422 g/mol. The molecule has 4 rings (SSSR count). The van der Waals surface area contributed by atoms with Gasteiger partial charge in [0, 0.05) is 30.4 Å². The van der Waals surface area contributed by atoms with Crippen LogP contribution in [-0.2, 0) is 19.5 Å². The highest BCUT2D eigenvalue weighted by molar-refractivity contribution is 6.01. The number of anilines is 2. The molecule has 0 saturated heterocycles. The summed E-state index contributed by atoms with van der Waals surface area (Å²) in [5, 5.41) is 11.7. The summed E-state index contributed by atoms with van der Waals surface area (Å²) in [6.45, 7) is 1.20. The number of urea groups is 1. The third-order valence-corrected chi connectivity index (χ3v) is 5.44. The van der Waals surface area contributed by atoms with Crippen molar-refractivity contribution in [3.8, 4) is 11.5 Å². The Balaban J connectivity index is 1.62. The number of benzene rings is 2. The number of fused-ring (bicyclic) bond motifs is 1. The van der Waals surface area contributed by atoms with Crippen molar-refractivity contribution in [2.24, 2.45) is 0 Å². The van der Waals surface area contributed by atoms with Crippen LogP contribution < -0.4 is 19.7 Å². The quantitative estimate of drug-likeness (QED) is 0.643. The van der Waals surface area contributed by atoms with Crippen LogP contribution in [0.3, 0.4) is 0 Å². The fourth-order valence-electron chi connectivity index (χ4n) is 3.74. The van der Waals surface area contributed by atoms with E-state index in [9.17, 15) is 4.79 Å². The van der Waals surface area contributed by atoms with E-state index in [-0.39, 0.29) is 6.03 Å². The van der Waals surface area contributed by atoms with E-state index in [0.29, 0.717) is 18.0 Å². The predicted octanol–water partition coefficient (Wildman–Crippen LogP) is 4.26. The van der Waals surface area contributed by atoms with Gasteiger partial charge in [0.05, 0.1) is 20.8 Å². The van der Waals surface area contributed by atoms with Gasteiger partial charge in [-0.1, -0.05) is 12.5 Å². The number of rotatable bonds is 6. The molecule has 0 atom stereocenters. The Morgan fingerprint density at radius 2 is 1.84 bits per heavy atom. The Labute approximate surface area is 181 Å². The summed E-state index contributed by atoms with van der Waals surface area (Å²) in [6, 6.07) is 14.4. The standard InChI is InChI=1S/C23H27N5O3/c1-30-19-12-10-18(11-13-19)28(23(29)24-17-7-6-8-20(15-17)31-2)16-22-26-25-21-9-4-3-5-14-27(21)22/h6-8,10-13,15H,3-5,9,14,16H2,1-2H3,(H,24,29). The molecule has 8 nitrogen and oxygen atoms in total. The van der Waals surface area contributed by atoms with Gasteiger partial charge in [0.25, 0.3) is 0 Å². The number of aryl methyl sites for hydroxylation is 1. The molecule has 0 unspecified atom stereocenters. The number of amides is 2. The van der Waals surface area contributed by atoms with Crippen molar-refractivity contribution in [2.75, 3.05) is 24.4 Å². The first-order chi connectivity index (χ1) is 15.2. The Kier molecular flexibility index (Phi) is 6.35. The second-order valence-corrected chi connectivity index (χ2v) is 7.44. The van der Waals surface area contributed by atoms with Gasteiger partial charge in [-0.15, -0.1) is 10.2 Å². The van der Waals surface area contributed by atoms with Crippen molar-refractivity contribution < 1.29 is 14.3 Å². The summed E-state index contributed by atoms with van der Waals surface area (Å²) in [5.74, 6) is 3.19. The number of hydrogen-bond donors (Lipinski definition) is 1. The number of carbonyl (C=O) groups is 1. The molecule has 0 saturated carbocycles. The Morgan fingerprint density at radius 1 is 1.03 bits per heavy atom. The Bertz CT molecular complexity index is 1030. The van der Waals surface area contributed by atoms with Gasteiger partial charge in [-0.05, 0) is 49.2 Å². The van der Waals surface area contributed by atoms with Crippen molar-refractivity contribution in [2.45, 2.75) is 38.8 Å². The maximum absolute atomic E-state index is 13.3. The predicted molar refractivity (Wildman–Crippen MR) is 119 cm³/mol. The third-order valence-electron chi connectivity index (χ3n) is 5.44. The zero-order valence-corrected chi connectivity index (χ0v) is 17.9. The zero-order chi connectivity index (χ0) is 21.6. The SMILES string of the molecule is COc1ccc(N(Cc2nnc3n2CCCCC3)C(=O)Nc2cccc(OC)c2)cc1. The molecule has 2 heterocycles. The second kappa shape index (κ2) is 9.51. The number of methoxy groups -OCH3 is 2. The first kappa shape index (κ1) is 20.7. The van der Waals surface area contributed by atoms with Crippen LogP contribution in [0.4, 0.5) is 16.2 Å². The van der Waals surface area contributed by atoms with Gasteiger partial charge in [-0.25, -0.2) is 4.79 Å². The van der Waals surface area contributed by atoms with Crippen molar-refractivity contribution >= 4 is 17.4 Å². The molecule has 2 amide bonds. The van der Waals surface area contributed by atoms with Crippen LogP contribution in [0.15, 0.2) is 48.5 Å². The van der Waals surface area contributed by atoms with E-state index in [1.165, 1.54) is 6.42 Å². The van der Waals surface area contributed by atoms with Gasteiger partial charge in [-0.2, -0.15) is 0 Å². The minimum absolute atomic E-state index is 0.260. The fraction of sp³-hybridized carbons (Fsp3) is 0.348. The maximum Gasteiger partial charge on any atom is 0.326 e. The van der Waals surface area contributed by atoms with Crippen LogP contribution in [0.25, 0.3) is 0 Å². The summed E-state index contributed by atoms with van der Waals surface area (Å²) in [4.78, 5) is 15.0. The summed E-state index contributed by atoms with van der Waals surface area (Å²) in [6.07, 6.45) is 4.32. The number of nitrogens with zero attached hydrogens (tertiary/aromatic N) is 4. The molecule has 0 radical (unpaired) electrons. The zero-order valence-electron chi connectivity index (χ0n) is 17.9. The number of ether oxygens (including phenoxy) is 2. The highest BCUT2D eigenvalue weighted by Gasteiger charge is 2.22. The number of nitrogens with one attached hydrogen (secondary N) is 1. The van der Waals surface area contributed by atoms with Crippen LogP contribution in [0, 0.1) is 0 Å². The van der Waals surface area contributed by atoms with E-state index in [1.54, 1.807) is 25.2 Å². The third kappa shape index (κ3) is 4.79. The molecular weight excluding hydrogens is 394 g/mol. The van der Waals surface area contributed by atoms with Crippen molar-refractivity contribution in [3.63, 3.8) is 0 Å². The molecule has 0 aliphatic carbocycles. The van der Waals surface area contributed by atoms with Gasteiger partial charge >= 0.3 is 6.03 Å². The molecule has 0 bridgehead atoms. The highest BCUT2D eigenvalue weighted by Crippen LogP contribution is 2.24. The maximum atomic E-state index is 13.3. The average Bonchev–Trinajstić information content (AvgIpc) is 3.02. The molecule has 8 heteroatoms. The molecule has 0 fully saturated rings. The van der Waals surface area contributed by atoms with Crippen molar-refractivity contribution in [3.05, 3.63) is 60.2 Å². The minimum Gasteiger partial charge on any atom is -0.497 e. The lowest BCUT2D eigenvalue weighted by atomic mass is 10.2.